The van der Waals surface area contributed by atoms with Crippen molar-refractivity contribution >= 4 is 33.2 Å². The maximum absolute atomic E-state index is 6.48. The van der Waals surface area contributed by atoms with Crippen LogP contribution in [-0.4, -0.2) is 4.57 Å². The van der Waals surface area contributed by atoms with E-state index in [2.05, 4.69) is 126 Å². The van der Waals surface area contributed by atoms with Crippen molar-refractivity contribution < 1.29 is 0 Å². The van der Waals surface area contributed by atoms with E-state index in [1.807, 2.05) is 6.07 Å². The summed E-state index contributed by atoms with van der Waals surface area (Å²) in [5.41, 5.74) is 7.77. The Bertz CT molecular complexity index is 1490. The zero-order valence-corrected chi connectivity index (χ0v) is 18.1. The highest BCUT2D eigenvalue weighted by molar-refractivity contribution is 6.09. The number of hydrogen-bond acceptors (Lipinski definition) is 2. The van der Waals surface area contributed by atoms with Gasteiger partial charge in [0.2, 0.25) is 0 Å². The highest BCUT2D eigenvalue weighted by atomic mass is 15.4. The molecule has 1 aromatic heterocycles. The molecule has 0 saturated carbocycles. The normalized spacial score (nSPS) is 11.2. The van der Waals surface area contributed by atoms with Crippen LogP contribution in [0.4, 0.5) is 11.4 Å². The molecular weight excluding hydrogens is 402 g/mol. The summed E-state index contributed by atoms with van der Waals surface area (Å²) in [4.78, 5) is 0. The number of anilines is 2. The van der Waals surface area contributed by atoms with Gasteiger partial charge in [0.25, 0.3) is 0 Å². The van der Waals surface area contributed by atoms with Gasteiger partial charge in [0.05, 0.1) is 22.4 Å². The van der Waals surface area contributed by atoms with Crippen LogP contribution in [0.5, 0.6) is 0 Å². The van der Waals surface area contributed by atoms with Gasteiger partial charge in [-0.2, -0.15) is 0 Å². The molecule has 0 atom stereocenters. The lowest BCUT2D eigenvalue weighted by atomic mass is 10.1. The molecule has 6 aromatic rings. The Labute approximate surface area is 192 Å². The van der Waals surface area contributed by atoms with E-state index in [1.54, 1.807) is 5.01 Å². The smallest absolute Gasteiger partial charge is 0.0576 e. The van der Waals surface area contributed by atoms with Crippen LogP contribution in [-0.2, 0) is 0 Å². The van der Waals surface area contributed by atoms with Crippen molar-refractivity contribution in [2.45, 2.75) is 0 Å². The molecule has 0 amide bonds. The van der Waals surface area contributed by atoms with Crippen molar-refractivity contribution in [2.75, 3.05) is 5.01 Å². The van der Waals surface area contributed by atoms with Crippen LogP contribution in [0.25, 0.3) is 38.6 Å². The van der Waals surface area contributed by atoms with Crippen LogP contribution >= 0.6 is 0 Å². The van der Waals surface area contributed by atoms with Gasteiger partial charge >= 0.3 is 0 Å². The quantitative estimate of drug-likeness (QED) is 0.235. The highest BCUT2D eigenvalue weighted by Crippen LogP contribution is 2.33. The Morgan fingerprint density at radius 1 is 0.455 bits per heavy atom. The van der Waals surface area contributed by atoms with Crippen LogP contribution < -0.4 is 10.9 Å². The zero-order chi connectivity index (χ0) is 22.2. The number of benzene rings is 5. The molecule has 158 valence electrons. The van der Waals surface area contributed by atoms with E-state index >= 15 is 0 Å². The van der Waals surface area contributed by atoms with Gasteiger partial charge in [-0.15, -0.1) is 0 Å². The molecule has 3 heteroatoms. The molecule has 1 heterocycles. The van der Waals surface area contributed by atoms with E-state index in [9.17, 15) is 0 Å². The van der Waals surface area contributed by atoms with Gasteiger partial charge in [0.1, 0.15) is 0 Å². The fraction of sp³-hybridized carbons (Fsp3) is 0. The second kappa shape index (κ2) is 7.97. The third-order valence-corrected chi connectivity index (χ3v) is 6.22. The lowest BCUT2D eigenvalue weighted by Gasteiger charge is -2.20. The minimum Gasteiger partial charge on any atom is -0.309 e. The van der Waals surface area contributed by atoms with Gasteiger partial charge in [-0.1, -0.05) is 78.9 Å². The summed E-state index contributed by atoms with van der Waals surface area (Å²) in [5.74, 6) is 6.48. The van der Waals surface area contributed by atoms with E-state index in [0.29, 0.717) is 0 Å². The molecular formula is C30H23N3. The van der Waals surface area contributed by atoms with E-state index in [0.717, 1.165) is 17.1 Å². The fourth-order valence-electron chi connectivity index (χ4n) is 4.56. The summed E-state index contributed by atoms with van der Waals surface area (Å²) in [6.45, 7) is 0. The summed E-state index contributed by atoms with van der Waals surface area (Å²) in [7, 11) is 0. The molecule has 0 radical (unpaired) electrons. The number of rotatable bonds is 4. The Morgan fingerprint density at radius 3 is 1.48 bits per heavy atom. The third-order valence-electron chi connectivity index (χ3n) is 6.22. The monoisotopic (exact) mass is 425 g/mol. The number of hydrogen-bond donors (Lipinski definition) is 1. The van der Waals surface area contributed by atoms with Crippen LogP contribution in [0.15, 0.2) is 127 Å². The van der Waals surface area contributed by atoms with Crippen molar-refractivity contribution in [2.24, 2.45) is 5.84 Å². The van der Waals surface area contributed by atoms with Crippen molar-refractivity contribution in [3.63, 3.8) is 0 Å². The molecule has 3 nitrogen and oxygen atoms in total. The number of aromatic nitrogens is 1. The van der Waals surface area contributed by atoms with Crippen molar-refractivity contribution in [3.8, 4) is 16.8 Å². The van der Waals surface area contributed by atoms with E-state index in [-0.39, 0.29) is 0 Å². The maximum atomic E-state index is 6.48. The van der Waals surface area contributed by atoms with Crippen LogP contribution in [0.2, 0.25) is 0 Å². The lowest BCUT2D eigenvalue weighted by Crippen LogP contribution is -2.24. The molecule has 0 bridgehead atoms. The maximum Gasteiger partial charge on any atom is 0.0576 e. The number of nitrogens with zero attached hydrogens (tertiary/aromatic N) is 2. The van der Waals surface area contributed by atoms with Crippen molar-refractivity contribution in [1.82, 2.24) is 4.57 Å². The molecule has 0 aliphatic heterocycles. The fourth-order valence-corrected chi connectivity index (χ4v) is 4.56. The van der Waals surface area contributed by atoms with Crippen LogP contribution in [0.3, 0.4) is 0 Å². The van der Waals surface area contributed by atoms with Crippen molar-refractivity contribution in [1.29, 1.82) is 0 Å². The summed E-state index contributed by atoms with van der Waals surface area (Å²) in [6, 6.07) is 44.2. The van der Waals surface area contributed by atoms with Gasteiger partial charge in [0, 0.05) is 16.5 Å². The first-order valence-corrected chi connectivity index (χ1v) is 11.1. The lowest BCUT2D eigenvalue weighted by molar-refractivity contribution is 1.08. The topological polar surface area (TPSA) is 34.2 Å². The Kier molecular flexibility index (Phi) is 4.68. The van der Waals surface area contributed by atoms with E-state index in [4.69, 9.17) is 5.84 Å². The number of fused-ring (bicyclic) bond motifs is 3. The summed E-state index contributed by atoms with van der Waals surface area (Å²) in [6.07, 6.45) is 0. The second-order valence-corrected chi connectivity index (χ2v) is 8.17. The summed E-state index contributed by atoms with van der Waals surface area (Å²) >= 11 is 0. The number of para-hydroxylation sites is 2. The molecule has 0 aliphatic carbocycles. The Morgan fingerprint density at radius 2 is 0.909 bits per heavy atom. The second-order valence-electron chi connectivity index (χ2n) is 8.17. The minimum absolute atomic E-state index is 0.937. The molecule has 0 aliphatic rings. The van der Waals surface area contributed by atoms with Gasteiger partial charge in [-0.05, 0) is 59.7 Å². The largest absolute Gasteiger partial charge is 0.309 e. The molecule has 0 saturated heterocycles. The zero-order valence-electron chi connectivity index (χ0n) is 18.1. The average Bonchev–Trinajstić information content (AvgIpc) is 3.23. The Balaban J connectivity index is 1.34. The molecule has 0 fully saturated rings. The van der Waals surface area contributed by atoms with Crippen LogP contribution in [0, 0.1) is 0 Å². The van der Waals surface area contributed by atoms with Gasteiger partial charge in [0.15, 0.2) is 0 Å². The SMILES string of the molecule is NN(c1ccc(-c2ccccc2)cc1)c1ccc(-n2c3ccccc3c3ccccc32)cc1. The molecule has 0 spiro atoms. The van der Waals surface area contributed by atoms with Gasteiger partial charge < -0.3 is 4.57 Å². The first-order valence-electron chi connectivity index (χ1n) is 11.1. The molecule has 33 heavy (non-hydrogen) atoms. The Hall–Kier alpha value is -4.34. The average molecular weight is 426 g/mol. The van der Waals surface area contributed by atoms with Gasteiger partial charge in [-0.25, -0.2) is 5.84 Å². The first kappa shape index (κ1) is 19.4. The van der Waals surface area contributed by atoms with Crippen molar-refractivity contribution in [3.05, 3.63) is 127 Å². The number of nitrogens with two attached hydrogens (primary N) is 1. The third kappa shape index (κ3) is 3.36. The molecule has 5 aromatic carbocycles. The summed E-state index contributed by atoms with van der Waals surface area (Å²) < 4.78 is 2.31. The highest BCUT2D eigenvalue weighted by Gasteiger charge is 2.12. The molecule has 2 N–H and O–H groups in total. The molecule has 0 unspecified atom stereocenters. The number of hydrazine groups is 1. The van der Waals surface area contributed by atoms with Gasteiger partial charge in [-0.3, -0.25) is 5.01 Å². The van der Waals surface area contributed by atoms with Crippen LogP contribution in [0.1, 0.15) is 0 Å². The predicted molar refractivity (Wildman–Crippen MR) is 139 cm³/mol. The standard InChI is InChI=1S/C30H23N3/c31-33(25-16-14-23(15-17-25)22-8-2-1-3-9-22)26-20-18-24(19-21-26)32-29-12-6-4-10-27(29)28-11-5-7-13-30(28)32/h1-21H,31H2. The van der Waals surface area contributed by atoms with E-state index in [1.165, 1.54) is 32.9 Å². The predicted octanol–water partition coefficient (Wildman–Crippen LogP) is 7.46. The molecule has 6 rings (SSSR count). The first-order chi connectivity index (χ1) is 16.3. The minimum atomic E-state index is 0.937. The van der Waals surface area contributed by atoms with E-state index < -0.39 is 0 Å². The summed E-state index contributed by atoms with van der Waals surface area (Å²) in [5, 5.41) is 4.25.